The molecule has 0 aliphatic heterocycles. The molecule has 0 spiro atoms. The second kappa shape index (κ2) is 11.3. The van der Waals surface area contributed by atoms with E-state index in [0.29, 0.717) is 11.5 Å². The van der Waals surface area contributed by atoms with Gasteiger partial charge in [-0.25, -0.2) is 0 Å². The first-order valence-corrected chi connectivity index (χ1v) is 10.8. The molecule has 0 saturated heterocycles. The molecule has 3 aromatic rings. The lowest BCUT2D eigenvalue weighted by Crippen LogP contribution is -2.06. The molecule has 0 aliphatic rings. The summed E-state index contributed by atoms with van der Waals surface area (Å²) in [4.78, 5) is 0. The molecule has 1 N–H and O–H groups in total. The van der Waals surface area contributed by atoms with E-state index in [-0.39, 0.29) is 11.7 Å². The smallest absolute Gasteiger partial charge is 0.129 e. The maximum atomic E-state index is 10.8. The Morgan fingerprint density at radius 1 is 0.625 bits per heavy atom. The third-order valence-electron chi connectivity index (χ3n) is 5.84. The minimum Gasteiger partial charge on any atom is -0.507 e. The van der Waals surface area contributed by atoms with Gasteiger partial charge in [0.1, 0.15) is 28.7 Å². The van der Waals surface area contributed by atoms with Crippen molar-refractivity contribution in [1.29, 1.82) is 0 Å². The number of methoxy groups -OCH3 is 4. The van der Waals surface area contributed by atoms with Gasteiger partial charge in [-0.3, -0.25) is 0 Å². The molecule has 5 nitrogen and oxygen atoms in total. The van der Waals surface area contributed by atoms with E-state index >= 15 is 0 Å². The number of benzene rings is 3. The second-order valence-electron chi connectivity index (χ2n) is 7.73. The van der Waals surface area contributed by atoms with Crippen molar-refractivity contribution < 1.29 is 24.1 Å². The number of hydrogen-bond acceptors (Lipinski definition) is 5. The van der Waals surface area contributed by atoms with Crippen molar-refractivity contribution in [2.24, 2.45) is 0 Å². The van der Waals surface area contributed by atoms with Gasteiger partial charge in [0.25, 0.3) is 0 Å². The number of hydrogen-bond donors (Lipinski definition) is 1. The molecule has 5 heteroatoms. The molecule has 0 aliphatic carbocycles. The summed E-state index contributed by atoms with van der Waals surface area (Å²) in [6.45, 7) is 0. The molecule has 0 radical (unpaired) electrons. The third kappa shape index (κ3) is 5.88. The number of ether oxygens (including phenoxy) is 4. The zero-order valence-electron chi connectivity index (χ0n) is 19.3. The van der Waals surface area contributed by atoms with E-state index in [1.165, 1.54) is 11.1 Å². The predicted molar refractivity (Wildman–Crippen MR) is 127 cm³/mol. The summed E-state index contributed by atoms with van der Waals surface area (Å²) in [7, 11) is 6.55. The number of rotatable bonds is 11. The standard InChI is InChI=1S/C27H32O5/c1-29-22-13-7-19(8-14-22)5-11-21(12-6-20-9-15-23(30-2)16-10-20)27-25(28)17-24(31-3)18-26(27)32-4/h7-10,13-18,21,28H,5-6,11-12H2,1-4H3. The van der Waals surface area contributed by atoms with Gasteiger partial charge in [0.15, 0.2) is 0 Å². The van der Waals surface area contributed by atoms with Gasteiger partial charge >= 0.3 is 0 Å². The molecule has 0 unspecified atom stereocenters. The summed E-state index contributed by atoms with van der Waals surface area (Å²) in [6.07, 6.45) is 3.51. The first-order chi connectivity index (χ1) is 15.6. The second-order valence-corrected chi connectivity index (χ2v) is 7.73. The monoisotopic (exact) mass is 436 g/mol. The molecular weight excluding hydrogens is 404 g/mol. The summed E-state index contributed by atoms with van der Waals surface area (Å²) in [6, 6.07) is 19.8. The molecule has 0 heterocycles. The van der Waals surface area contributed by atoms with E-state index in [1.54, 1.807) is 34.5 Å². The highest BCUT2D eigenvalue weighted by molar-refractivity contribution is 5.52. The van der Waals surface area contributed by atoms with Crippen LogP contribution < -0.4 is 18.9 Å². The van der Waals surface area contributed by atoms with Gasteiger partial charge in [-0.15, -0.1) is 0 Å². The van der Waals surface area contributed by atoms with Crippen molar-refractivity contribution in [3.05, 3.63) is 77.4 Å². The number of phenolic OH excluding ortho intramolecular Hbond substituents is 1. The normalized spacial score (nSPS) is 10.8. The highest BCUT2D eigenvalue weighted by Gasteiger charge is 2.22. The summed E-state index contributed by atoms with van der Waals surface area (Å²) in [5, 5.41) is 10.8. The van der Waals surface area contributed by atoms with Crippen LogP contribution in [0.4, 0.5) is 0 Å². The van der Waals surface area contributed by atoms with Gasteiger partial charge in [0.05, 0.1) is 28.4 Å². The Labute approximate surface area is 190 Å². The Balaban J connectivity index is 1.84. The highest BCUT2D eigenvalue weighted by Crippen LogP contribution is 2.42. The fraction of sp³-hybridized carbons (Fsp3) is 0.333. The van der Waals surface area contributed by atoms with Crippen molar-refractivity contribution in [3.63, 3.8) is 0 Å². The maximum Gasteiger partial charge on any atom is 0.129 e. The number of aryl methyl sites for hydroxylation is 2. The summed E-state index contributed by atoms with van der Waals surface area (Å²) in [5.41, 5.74) is 3.29. The summed E-state index contributed by atoms with van der Waals surface area (Å²) < 4.78 is 21.5. The van der Waals surface area contributed by atoms with Gasteiger partial charge in [-0.1, -0.05) is 24.3 Å². The number of phenols is 1. The summed E-state index contributed by atoms with van der Waals surface area (Å²) in [5.74, 6) is 3.23. The van der Waals surface area contributed by atoms with Crippen molar-refractivity contribution in [2.45, 2.75) is 31.6 Å². The molecule has 0 aromatic heterocycles. The fourth-order valence-corrected chi connectivity index (χ4v) is 3.98. The molecule has 170 valence electrons. The van der Waals surface area contributed by atoms with E-state index < -0.39 is 0 Å². The fourth-order valence-electron chi connectivity index (χ4n) is 3.98. The van der Waals surface area contributed by atoms with Crippen LogP contribution in [-0.4, -0.2) is 33.5 Å². The van der Waals surface area contributed by atoms with Crippen LogP contribution in [0.15, 0.2) is 60.7 Å². The summed E-state index contributed by atoms with van der Waals surface area (Å²) >= 11 is 0. The first-order valence-electron chi connectivity index (χ1n) is 10.8. The van der Waals surface area contributed by atoms with Crippen molar-refractivity contribution in [2.75, 3.05) is 28.4 Å². The first kappa shape index (κ1) is 23.3. The maximum absolute atomic E-state index is 10.8. The Morgan fingerprint density at radius 3 is 1.50 bits per heavy atom. The van der Waals surface area contributed by atoms with E-state index in [1.807, 2.05) is 30.3 Å². The van der Waals surface area contributed by atoms with Crippen LogP contribution in [0.5, 0.6) is 28.7 Å². The van der Waals surface area contributed by atoms with E-state index in [4.69, 9.17) is 18.9 Å². The minimum atomic E-state index is 0.111. The zero-order chi connectivity index (χ0) is 22.9. The van der Waals surface area contributed by atoms with Crippen molar-refractivity contribution in [3.8, 4) is 28.7 Å². The van der Waals surface area contributed by atoms with Crippen molar-refractivity contribution >= 4 is 0 Å². The number of aromatic hydroxyl groups is 1. The Kier molecular flexibility index (Phi) is 8.26. The SMILES string of the molecule is COc1ccc(CCC(CCc2ccc(OC)cc2)c2c(O)cc(OC)cc2OC)cc1. The van der Waals surface area contributed by atoms with Gasteiger partial charge in [0.2, 0.25) is 0 Å². The van der Waals surface area contributed by atoms with Crippen LogP contribution in [0, 0.1) is 0 Å². The Bertz CT molecular complexity index is 929. The Morgan fingerprint density at radius 2 is 1.09 bits per heavy atom. The molecule has 0 fully saturated rings. The third-order valence-corrected chi connectivity index (χ3v) is 5.84. The molecule has 3 aromatic carbocycles. The minimum absolute atomic E-state index is 0.111. The molecule has 0 saturated carbocycles. The Hall–Kier alpha value is -3.34. The molecule has 0 atom stereocenters. The van der Waals surface area contributed by atoms with Crippen LogP contribution in [0.2, 0.25) is 0 Å². The van der Waals surface area contributed by atoms with Crippen LogP contribution in [-0.2, 0) is 12.8 Å². The van der Waals surface area contributed by atoms with E-state index in [0.717, 1.165) is 42.7 Å². The van der Waals surface area contributed by atoms with Crippen LogP contribution in [0.3, 0.4) is 0 Å². The molecular formula is C27H32O5. The van der Waals surface area contributed by atoms with Crippen molar-refractivity contribution in [1.82, 2.24) is 0 Å². The lowest BCUT2D eigenvalue weighted by Gasteiger charge is -2.22. The quantitative estimate of drug-likeness (QED) is 0.413. The average molecular weight is 437 g/mol. The topological polar surface area (TPSA) is 57.2 Å². The van der Waals surface area contributed by atoms with Gasteiger partial charge in [0, 0.05) is 17.7 Å². The van der Waals surface area contributed by atoms with Gasteiger partial charge in [-0.05, 0) is 67.0 Å². The molecule has 0 amide bonds. The molecule has 32 heavy (non-hydrogen) atoms. The lowest BCUT2D eigenvalue weighted by molar-refractivity contribution is 0.371. The average Bonchev–Trinajstić information content (AvgIpc) is 2.84. The predicted octanol–water partition coefficient (Wildman–Crippen LogP) is 5.78. The van der Waals surface area contributed by atoms with Gasteiger partial charge < -0.3 is 24.1 Å². The van der Waals surface area contributed by atoms with E-state index in [2.05, 4.69) is 24.3 Å². The van der Waals surface area contributed by atoms with Crippen LogP contribution >= 0.6 is 0 Å². The van der Waals surface area contributed by atoms with Gasteiger partial charge in [-0.2, -0.15) is 0 Å². The highest BCUT2D eigenvalue weighted by atomic mass is 16.5. The largest absolute Gasteiger partial charge is 0.507 e. The molecule has 3 rings (SSSR count). The van der Waals surface area contributed by atoms with E-state index in [9.17, 15) is 5.11 Å². The zero-order valence-corrected chi connectivity index (χ0v) is 19.3. The lowest BCUT2D eigenvalue weighted by atomic mass is 9.86. The molecule has 0 bridgehead atoms. The van der Waals surface area contributed by atoms with Crippen LogP contribution in [0.1, 0.15) is 35.4 Å². The van der Waals surface area contributed by atoms with Crippen LogP contribution in [0.25, 0.3) is 0 Å².